The summed E-state index contributed by atoms with van der Waals surface area (Å²) in [7, 11) is 0. The van der Waals surface area contributed by atoms with Crippen LogP contribution in [0.25, 0.3) is 0 Å². The van der Waals surface area contributed by atoms with Crippen LogP contribution < -0.4 is 5.73 Å². The molecule has 13 heavy (non-hydrogen) atoms. The van der Waals surface area contributed by atoms with Crippen molar-refractivity contribution in [3.8, 4) is 0 Å². The highest BCUT2D eigenvalue weighted by Gasteiger charge is 2.04. The van der Waals surface area contributed by atoms with Crippen molar-refractivity contribution in [1.29, 1.82) is 0 Å². The summed E-state index contributed by atoms with van der Waals surface area (Å²) in [6.07, 6.45) is 3.91. The first-order valence-corrected chi connectivity index (χ1v) is 4.90. The molecule has 0 bridgehead atoms. The van der Waals surface area contributed by atoms with Crippen molar-refractivity contribution in [2.45, 2.75) is 25.8 Å². The second kappa shape index (κ2) is 6.35. The van der Waals surface area contributed by atoms with E-state index in [1.807, 2.05) is 12.1 Å². The number of nitrogens with zero attached hydrogens (tertiary/aromatic N) is 1. The highest BCUT2D eigenvalue weighted by atomic mass is 79.9. The Labute approximate surface area is 93.5 Å². The summed E-state index contributed by atoms with van der Waals surface area (Å²) >= 11 is 3.31. The van der Waals surface area contributed by atoms with E-state index in [2.05, 4.69) is 27.8 Å². The molecule has 0 aliphatic heterocycles. The first kappa shape index (κ1) is 12.9. The maximum atomic E-state index is 5.93. The van der Waals surface area contributed by atoms with Gasteiger partial charge in [0.2, 0.25) is 0 Å². The molecule has 0 saturated heterocycles. The lowest BCUT2D eigenvalue weighted by molar-refractivity contribution is 0.637. The van der Waals surface area contributed by atoms with Gasteiger partial charge < -0.3 is 5.73 Å². The van der Waals surface area contributed by atoms with Crippen LogP contribution in [-0.4, -0.2) is 4.98 Å². The van der Waals surface area contributed by atoms with E-state index >= 15 is 0 Å². The molecule has 0 spiro atoms. The molecule has 4 heteroatoms. The summed E-state index contributed by atoms with van der Waals surface area (Å²) in [5, 5.41) is 0. The molecule has 0 amide bonds. The molecule has 1 atom stereocenters. The zero-order valence-electron chi connectivity index (χ0n) is 7.53. The zero-order chi connectivity index (χ0) is 8.97. The standard InChI is InChI=1S/C9H13BrN2.ClH/c1-2-3-8(11)7-4-5-12-9(10)6-7;/h4-6,8H,2-3,11H2,1H3;1H/t8-;/m0./s1. The summed E-state index contributed by atoms with van der Waals surface area (Å²) in [5.41, 5.74) is 7.08. The largest absolute Gasteiger partial charge is 0.324 e. The van der Waals surface area contributed by atoms with Gasteiger partial charge in [0.05, 0.1) is 0 Å². The van der Waals surface area contributed by atoms with E-state index in [1.54, 1.807) is 6.20 Å². The summed E-state index contributed by atoms with van der Waals surface area (Å²) in [5.74, 6) is 0. The number of nitrogens with two attached hydrogens (primary N) is 1. The van der Waals surface area contributed by atoms with Crippen LogP contribution >= 0.6 is 28.3 Å². The number of hydrogen-bond donors (Lipinski definition) is 1. The molecular weight excluding hydrogens is 251 g/mol. The van der Waals surface area contributed by atoms with E-state index in [0.717, 1.165) is 23.0 Å². The third-order valence-electron chi connectivity index (χ3n) is 1.78. The van der Waals surface area contributed by atoms with Gasteiger partial charge in [0, 0.05) is 12.2 Å². The van der Waals surface area contributed by atoms with E-state index in [1.165, 1.54) is 0 Å². The SMILES string of the molecule is CCC[C@H](N)c1ccnc(Br)c1.Cl. The average molecular weight is 266 g/mol. The molecule has 1 aromatic rings. The Hall–Kier alpha value is -0.120. The smallest absolute Gasteiger partial charge is 0.106 e. The minimum absolute atomic E-state index is 0. The third kappa shape index (κ3) is 4.07. The predicted octanol–water partition coefficient (Wildman–Crippen LogP) is 3.07. The summed E-state index contributed by atoms with van der Waals surface area (Å²) < 4.78 is 0.853. The van der Waals surface area contributed by atoms with Crippen LogP contribution in [0.2, 0.25) is 0 Å². The van der Waals surface area contributed by atoms with Crippen LogP contribution in [0, 0.1) is 0 Å². The topological polar surface area (TPSA) is 38.9 Å². The quantitative estimate of drug-likeness (QED) is 0.853. The third-order valence-corrected chi connectivity index (χ3v) is 2.21. The van der Waals surface area contributed by atoms with Crippen LogP contribution in [0.1, 0.15) is 31.4 Å². The van der Waals surface area contributed by atoms with E-state index < -0.39 is 0 Å². The normalized spacial score (nSPS) is 11.9. The second-order valence-corrected chi connectivity index (χ2v) is 3.62. The van der Waals surface area contributed by atoms with Gasteiger partial charge in [-0.2, -0.15) is 0 Å². The molecule has 1 rings (SSSR count). The molecule has 0 saturated carbocycles. The molecule has 1 aromatic heterocycles. The molecule has 0 fully saturated rings. The van der Waals surface area contributed by atoms with Crippen LogP contribution in [0.4, 0.5) is 0 Å². The lowest BCUT2D eigenvalue weighted by Crippen LogP contribution is -2.09. The van der Waals surface area contributed by atoms with Gasteiger partial charge in [-0.25, -0.2) is 4.98 Å². The Morgan fingerprint density at radius 3 is 2.85 bits per heavy atom. The van der Waals surface area contributed by atoms with E-state index in [-0.39, 0.29) is 18.4 Å². The van der Waals surface area contributed by atoms with Gasteiger partial charge in [-0.1, -0.05) is 13.3 Å². The predicted molar refractivity (Wildman–Crippen MR) is 61.0 cm³/mol. The van der Waals surface area contributed by atoms with Gasteiger partial charge >= 0.3 is 0 Å². The van der Waals surface area contributed by atoms with Crippen molar-refractivity contribution in [1.82, 2.24) is 4.98 Å². The fourth-order valence-corrected chi connectivity index (χ4v) is 1.51. The molecule has 1 heterocycles. The van der Waals surface area contributed by atoms with Crippen molar-refractivity contribution in [2.75, 3.05) is 0 Å². The number of pyridine rings is 1. The summed E-state index contributed by atoms with van der Waals surface area (Å²) in [6, 6.07) is 4.08. The van der Waals surface area contributed by atoms with Crippen molar-refractivity contribution in [3.63, 3.8) is 0 Å². The molecule has 2 nitrogen and oxygen atoms in total. The number of hydrogen-bond acceptors (Lipinski definition) is 2. The van der Waals surface area contributed by atoms with Gasteiger partial charge in [0.25, 0.3) is 0 Å². The summed E-state index contributed by atoms with van der Waals surface area (Å²) in [6.45, 7) is 2.14. The van der Waals surface area contributed by atoms with E-state index in [4.69, 9.17) is 5.73 Å². The number of aromatic nitrogens is 1. The molecule has 0 radical (unpaired) electrons. The molecular formula is C9H14BrClN2. The van der Waals surface area contributed by atoms with Gasteiger partial charge in [0.15, 0.2) is 0 Å². The van der Waals surface area contributed by atoms with Crippen LogP contribution in [0.3, 0.4) is 0 Å². The molecule has 2 N–H and O–H groups in total. The first-order valence-electron chi connectivity index (χ1n) is 4.11. The fraction of sp³-hybridized carbons (Fsp3) is 0.444. The Kier molecular flexibility index (Phi) is 6.29. The number of rotatable bonds is 3. The van der Waals surface area contributed by atoms with Crippen LogP contribution in [0.15, 0.2) is 22.9 Å². The summed E-state index contributed by atoms with van der Waals surface area (Å²) in [4.78, 5) is 4.04. The Bertz CT molecular complexity index is 255. The Morgan fingerprint density at radius 2 is 2.31 bits per heavy atom. The van der Waals surface area contributed by atoms with Gasteiger partial charge in [-0.05, 0) is 40.0 Å². The Morgan fingerprint density at radius 1 is 1.62 bits per heavy atom. The molecule has 0 aliphatic carbocycles. The van der Waals surface area contributed by atoms with Gasteiger partial charge in [-0.15, -0.1) is 12.4 Å². The molecule has 0 aromatic carbocycles. The lowest BCUT2D eigenvalue weighted by atomic mass is 10.1. The second-order valence-electron chi connectivity index (χ2n) is 2.81. The first-order chi connectivity index (χ1) is 5.74. The highest BCUT2D eigenvalue weighted by Crippen LogP contribution is 2.17. The van der Waals surface area contributed by atoms with Crippen molar-refractivity contribution in [2.24, 2.45) is 5.73 Å². The van der Waals surface area contributed by atoms with Crippen LogP contribution in [0.5, 0.6) is 0 Å². The lowest BCUT2D eigenvalue weighted by Gasteiger charge is -2.09. The maximum Gasteiger partial charge on any atom is 0.106 e. The molecule has 0 unspecified atom stereocenters. The van der Waals surface area contributed by atoms with Crippen LogP contribution in [-0.2, 0) is 0 Å². The molecule has 0 aliphatic rings. The van der Waals surface area contributed by atoms with Crippen molar-refractivity contribution in [3.05, 3.63) is 28.5 Å². The van der Waals surface area contributed by atoms with E-state index in [0.29, 0.717) is 0 Å². The van der Waals surface area contributed by atoms with Crippen molar-refractivity contribution >= 4 is 28.3 Å². The fourth-order valence-electron chi connectivity index (χ4n) is 1.13. The number of halogens is 2. The van der Waals surface area contributed by atoms with Gasteiger partial charge in [-0.3, -0.25) is 0 Å². The zero-order valence-corrected chi connectivity index (χ0v) is 9.94. The highest BCUT2D eigenvalue weighted by molar-refractivity contribution is 9.10. The monoisotopic (exact) mass is 264 g/mol. The van der Waals surface area contributed by atoms with Gasteiger partial charge in [0.1, 0.15) is 4.60 Å². The minimum atomic E-state index is 0. The molecule has 74 valence electrons. The average Bonchev–Trinajstić information content (AvgIpc) is 2.05. The Balaban J connectivity index is 0.00000144. The van der Waals surface area contributed by atoms with E-state index in [9.17, 15) is 0 Å². The minimum Gasteiger partial charge on any atom is -0.324 e. The van der Waals surface area contributed by atoms with Crippen molar-refractivity contribution < 1.29 is 0 Å². The maximum absolute atomic E-state index is 5.93.